The molecule has 1 spiro atoms. The zero-order valence-corrected chi connectivity index (χ0v) is 21.3. The van der Waals surface area contributed by atoms with Gasteiger partial charge in [-0.3, -0.25) is 4.90 Å². The van der Waals surface area contributed by atoms with Gasteiger partial charge in [0.25, 0.3) is 0 Å². The number of hydrogen-bond acceptors (Lipinski definition) is 4. The van der Waals surface area contributed by atoms with E-state index < -0.39 is 0 Å². The fourth-order valence-corrected chi connectivity index (χ4v) is 5.91. The zero-order chi connectivity index (χ0) is 24.7. The van der Waals surface area contributed by atoms with E-state index in [1.54, 1.807) is 12.2 Å². The van der Waals surface area contributed by atoms with Crippen molar-refractivity contribution in [3.8, 4) is 12.1 Å². The quantitative estimate of drug-likeness (QED) is 0.448. The highest BCUT2D eigenvalue weighted by atomic mass is 16.5. The Labute approximate surface area is 204 Å². The summed E-state index contributed by atoms with van der Waals surface area (Å²) in [7, 11) is 0. The molecule has 4 rings (SSSR count). The number of piperidine rings is 1. The Kier molecular flexibility index (Phi) is 6.09. The average Bonchev–Trinajstić information content (AvgIpc) is 2.77. The molecule has 1 aliphatic carbocycles. The molecule has 0 saturated carbocycles. The lowest BCUT2D eigenvalue weighted by Gasteiger charge is -2.61. The number of nitrogens with zero attached hydrogens (tertiary/aromatic N) is 3. The lowest BCUT2D eigenvalue weighted by Crippen LogP contribution is -2.65. The molecule has 0 bridgehead atoms. The smallest absolute Gasteiger partial charge is 0.137 e. The van der Waals surface area contributed by atoms with Crippen molar-refractivity contribution in [1.29, 1.82) is 10.5 Å². The van der Waals surface area contributed by atoms with Gasteiger partial charge in [-0.2, -0.15) is 10.5 Å². The Morgan fingerprint density at radius 3 is 2.53 bits per heavy atom. The Morgan fingerprint density at radius 2 is 1.85 bits per heavy atom. The molecular formula is C30H35N3O. The highest BCUT2D eigenvalue weighted by Crippen LogP contribution is 2.56. The first kappa shape index (κ1) is 24.1. The predicted octanol–water partition coefficient (Wildman–Crippen LogP) is 6.66. The van der Waals surface area contributed by atoms with Crippen LogP contribution in [-0.2, 0) is 4.74 Å². The molecule has 0 aromatic carbocycles. The largest absolute Gasteiger partial charge is 0.461 e. The molecule has 3 aliphatic heterocycles. The molecule has 1 fully saturated rings. The minimum absolute atomic E-state index is 0.0862. The molecule has 176 valence electrons. The Morgan fingerprint density at radius 1 is 1.12 bits per heavy atom. The first-order valence-corrected chi connectivity index (χ1v) is 12.2. The molecule has 34 heavy (non-hydrogen) atoms. The molecule has 3 heterocycles. The van der Waals surface area contributed by atoms with Gasteiger partial charge in [0.05, 0.1) is 5.54 Å². The van der Waals surface area contributed by atoms with Gasteiger partial charge in [0.2, 0.25) is 0 Å². The third-order valence-electron chi connectivity index (χ3n) is 7.57. The third kappa shape index (κ3) is 4.02. The van der Waals surface area contributed by atoms with Gasteiger partial charge in [-0.15, -0.1) is 0 Å². The molecule has 4 heteroatoms. The second-order valence-corrected chi connectivity index (χ2v) is 11.4. The van der Waals surface area contributed by atoms with Crippen LogP contribution in [0.1, 0.15) is 54.4 Å². The maximum Gasteiger partial charge on any atom is 0.137 e. The van der Waals surface area contributed by atoms with Gasteiger partial charge < -0.3 is 4.74 Å². The van der Waals surface area contributed by atoms with Crippen molar-refractivity contribution in [1.82, 2.24) is 4.90 Å². The van der Waals surface area contributed by atoms with E-state index in [2.05, 4.69) is 63.0 Å². The summed E-state index contributed by atoms with van der Waals surface area (Å²) in [5, 5.41) is 18.8. The van der Waals surface area contributed by atoms with Crippen molar-refractivity contribution in [3.63, 3.8) is 0 Å². The summed E-state index contributed by atoms with van der Waals surface area (Å²) in [4.78, 5) is 2.69. The fourth-order valence-electron chi connectivity index (χ4n) is 5.91. The van der Waals surface area contributed by atoms with E-state index in [9.17, 15) is 10.5 Å². The number of rotatable bonds is 3. The molecule has 0 amide bonds. The Balaban J connectivity index is 1.76. The summed E-state index contributed by atoms with van der Waals surface area (Å²) in [5.74, 6) is 1.54. The molecule has 0 aromatic rings. The fraction of sp³-hybridized carbons (Fsp3) is 0.467. The van der Waals surface area contributed by atoms with Crippen molar-refractivity contribution in [3.05, 3.63) is 82.4 Å². The van der Waals surface area contributed by atoms with E-state index in [1.807, 2.05) is 32.1 Å². The lowest BCUT2D eigenvalue weighted by atomic mass is 9.57. The Hall–Kier alpha value is -3.08. The molecule has 0 N–H and O–H groups in total. The van der Waals surface area contributed by atoms with Crippen LogP contribution in [0.4, 0.5) is 0 Å². The second kappa shape index (κ2) is 8.61. The SMILES string of the molecule is CC(C)C1=CC(=C(C#N)C#N)C=C(/C=C/C2=CC=CC34C2=CC(C)(C)CN3CCCC4(C)C)O1. The summed E-state index contributed by atoms with van der Waals surface area (Å²) < 4.78 is 6.14. The van der Waals surface area contributed by atoms with Crippen LogP contribution >= 0.6 is 0 Å². The normalized spacial score (nSPS) is 27.4. The summed E-state index contributed by atoms with van der Waals surface area (Å²) in [5.41, 5.74) is 3.35. The van der Waals surface area contributed by atoms with Crippen LogP contribution in [0.5, 0.6) is 0 Å². The molecular weight excluding hydrogens is 418 g/mol. The first-order valence-electron chi connectivity index (χ1n) is 12.2. The molecule has 1 saturated heterocycles. The summed E-state index contributed by atoms with van der Waals surface area (Å²) >= 11 is 0. The molecule has 0 aromatic heterocycles. The minimum atomic E-state index is -0.111. The first-order chi connectivity index (χ1) is 16.0. The minimum Gasteiger partial charge on any atom is -0.461 e. The molecule has 4 nitrogen and oxygen atoms in total. The van der Waals surface area contributed by atoms with Crippen molar-refractivity contribution in [2.45, 2.75) is 59.9 Å². The van der Waals surface area contributed by atoms with E-state index in [4.69, 9.17) is 4.74 Å². The van der Waals surface area contributed by atoms with Crippen LogP contribution in [0.3, 0.4) is 0 Å². The monoisotopic (exact) mass is 453 g/mol. The molecule has 1 unspecified atom stereocenters. The van der Waals surface area contributed by atoms with Crippen LogP contribution in [0, 0.1) is 39.4 Å². The van der Waals surface area contributed by atoms with Crippen LogP contribution in [0.2, 0.25) is 0 Å². The van der Waals surface area contributed by atoms with E-state index in [1.165, 1.54) is 24.0 Å². The van der Waals surface area contributed by atoms with Gasteiger partial charge in [-0.05, 0) is 59.6 Å². The molecule has 4 aliphatic rings. The van der Waals surface area contributed by atoms with Crippen molar-refractivity contribution >= 4 is 0 Å². The molecule has 0 radical (unpaired) electrons. The third-order valence-corrected chi connectivity index (χ3v) is 7.57. The van der Waals surface area contributed by atoms with E-state index >= 15 is 0 Å². The standard InChI is InChI=1S/C30H35N3O/c1-21(2)27-16-23(24(18-31)19-32)15-25(34-27)11-10-22-9-7-13-30-26(22)17-28(3,4)20-33(30)14-8-12-29(30,5)6/h7,9-11,13,15-17,21H,8,12,14,20H2,1-6H3/b11-10+. The van der Waals surface area contributed by atoms with Gasteiger partial charge in [-0.1, -0.05) is 71.9 Å². The van der Waals surface area contributed by atoms with Crippen LogP contribution in [0.15, 0.2) is 82.4 Å². The average molecular weight is 454 g/mol. The van der Waals surface area contributed by atoms with Gasteiger partial charge in [0.15, 0.2) is 0 Å². The van der Waals surface area contributed by atoms with Crippen LogP contribution in [0.25, 0.3) is 0 Å². The van der Waals surface area contributed by atoms with Crippen LogP contribution < -0.4 is 0 Å². The number of ether oxygens (including phenoxy) is 1. The Bertz CT molecular complexity index is 1170. The molecule has 1 atom stereocenters. The maximum atomic E-state index is 9.38. The van der Waals surface area contributed by atoms with Crippen molar-refractivity contribution < 1.29 is 4.74 Å². The predicted molar refractivity (Wildman–Crippen MR) is 136 cm³/mol. The van der Waals surface area contributed by atoms with Crippen LogP contribution in [-0.4, -0.2) is 23.5 Å². The van der Waals surface area contributed by atoms with E-state index in [0.29, 0.717) is 11.3 Å². The number of hydrogen-bond donors (Lipinski definition) is 0. The summed E-state index contributed by atoms with van der Waals surface area (Å²) in [6.07, 6.45) is 19.4. The zero-order valence-electron chi connectivity index (χ0n) is 21.3. The topological polar surface area (TPSA) is 60.0 Å². The highest BCUT2D eigenvalue weighted by molar-refractivity contribution is 5.59. The van der Waals surface area contributed by atoms with E-state index in [-0.39, 0.29) is 27.9 Å². The van der Waals surface area contributed by atoms with Crippen molar-refractivity contribution in [2.24, 2.45) is 16.7 Å². The number of allylic oxidation sites excluding steroid dienone is 9. The van der Waals surface area contributed by atoms with Gasteiger partial charge in [-0.25, -0.2) is 0 Å². The van der Waals surface area contributed by atoms with Gasteiger partial charge in [0, 0.05) is 18.0 Å². The lowest BCUT2D eigenvalue weighted by molar-refractivity contribution is -0.0211. The van der Waals surface area contributed by atoms with Gasteiger partial charge in [0.1, 0.15) is 29.2 Å². The number of nitriles is 2. The highest BCUT2D eigenvalue weighted by Gasteiger charge is 2.56. The summed E-state index contributed by atoms with van der Waals surface area (Å²) in [6, 6.07) is 4.01. The van der Waals surface area contributed by atoms with E-state index in [0.717, 1.165) is 18.8 Å². The second-order valence-electron chi connectivity index (χ2n) is 11.4. The van der Waals surface area contributed by atoms with Crippen molar-refractivity contribution in [2.75, 3.05) is 13.1 Å². The maximum absolute atomic E-state index is 9.38. The van der Waals surface area contributed by atoms with Gasteiger partial charge >= 0.3 is 0 Å². The summed E-state index contributed by atoms with van der Waals surface area (Å²) in [6.45, 7) is 15.7.